The molecule has 1 aliphatic carbocycles. The van der Waals surface area contributed by atoms with Crippen LogP contribution in [0.4, 0.5) is 0 Å². The molecule has 2 nitrogen and oxygen atoms in total. The highest BCUT2D eigenvalue weighted by atomic mass is 16.5. The fourth-order valence-corrected chi connectivity index (χ4v) is 1.26. The van der Waals surface area contributed by atoms with Crippen LogP contribution in [0.2, 0.25) is 0 Å². The molecule has 0 heterocycles. The summed E-state index contributed by atoms with van der Waals surface area (Å²) in [5, 5.41) is 0. The van der Waals surface area contributed by atoms with Crippen molar-refractivity contribution in [2.75, 3.05) is 7.11 Å². The minimum Gasteiger partial charge on any atom is -0.501 e. The summed E-state index contributed by atoms with van der Waals surface area (Å²) >= 11 is 0. The molecule has 1 saturated carbocycles. The normalized spacial score (nSPS) is 24.9. The SMILES string of the molecule is C=C(OC)C1CCC(=O)C1. The molecule has 0 aromatic carbocycles. The van der Waals surface area contributed by atoms with Crippen LogP contribution in [0.5, 0.6) is 0 Å². The molecule has 0 aromatic heterocycles. The van der Waals surface area contributed by atoms with E-state index in [-0.39, 0.29) is 5.92 Å². The number of ketones is 1. The van der Waals surface area contributed by atoms with Crippen molar-refractivity contribution in [3.05, 3.63) is 12.3 Å². The molecule has 1 unspecified atom stereocenters. The Morgan fingerprint density at radius 1 is 1.80 bits per heavy atom. The van der Waals surface area contributed by atoms with Crippen molar-refractivity contribution in [3.8, 4) is 0 Å². The molecule has 0 aliphatic heterocycles. The molecule has 1 fully saturated rings. The van der Waals surface area contributed by atoms with Crippen molar-refractivity contribution in [1.29, 1.82) is 0 Å². The van der Waals surface area contributed by atoms with Gasteiger partial charge in [-0.05, 0) is 6.42 Å². The summed E-state index contributed by atoms with van der Waals surface area (Å²) in [6, 6.07) is 0. The number of carbonyl (C=O) groups excluding carboxylic acids is 1. The Labute approximate surface area is 60.9 Å². The molecule has 0 N–H and O–H groups in total. The van der Waals surface area contributed by atoms with Crippen LogP contribution in [0.25, 0.3) is 0 Å². The smallest absolute Gasteiger partial charge is 0.133 e. The summed E-state index contributed by atoms with van der Waals surface area (Å²) in [4.78, 5) is 10.8. The van der Waals surface area contributed by atoms with E-state index in [2.05, 4.69) is 6.58 Å². The van der Waals surface area contributed by atoms with Crippen LogP contribution in [-0.2, 0) is 9.53 Å². The third-order valence-electron chi connectivity index (χ3n) is 1.96. The van der Waals surface area contributed by atoms with Gasteiger partial charge in [0.2, 0.25) is 0 Å². The van der Waals surface area contributed by atoms with E-state index in [9.17, 15) is 4.79 Å². The van der Waals surface area contributed by atoms with Crippen molar-refractivity contribution in [3.63, 3.8) is 0 Å². The van der Waals surface area contributed by atoms with Gasteiger partial charge in [0, 0.05) is 18.8 Å². The zero-order valence-corrected chi connectivity index (χ0v) is 6.22. The Morgan fingerprint density at radius 2 is 2.50 bits per heavy atom. The van der Waals surface area contributed by atoms with Crippen molar-refractivity contribution in [1.82, 2.24) is 0 Å². The van der Waals surface area contributed by atoms with Crippen LogP contribution >= 0.6 is 0 Å². The van der Waals surface area contributed by atoms with Crippen molar-refractivity contribution in [2.45, 2.75) is 19.3 Å². The minimum absolute atomic E-state index is 0.289. The van der Waals surface area contributed by atoms with Gasteiger partial charge in [-0.15, -0.1) is 0 Å². The molecule has 1 atom stereocenters. The lowest BCUT2D eigenvalue weighted by Gasteiger charge is -2.08. The van der Waals surface area contributed by atoms with Crippen molar-refractivity contribution in [2.24, 2.45) is 5.92 Å². The zero-order chi connectivity index (χ0) is 7.56. The van der Waals surface area contributed by atoms with E-state index in [0.29, 0.717) is 18.6 Å². The van der Waals surface area contributed by atoms with Crippen LogP contribution in [0.3, 0.4) is 0 Å². The largest absolute Gasteiger partial charge is 0.501 e. The predicted molar refractivity (Wildman–Crippen MR) is 38.5 cm³/mol. The van der Waals surface area contributed by atoms with Gasteiger partial charge in [-0.3, -0.25) is 4.79 Å². The van der Waals surface area contributed by atoms with Crippen molar-refractivity contribution >= 4 is 5.78 Å². The monoisotopic (exact) mass is 140 g/mol. The van der Waals surface area contributed by atoms with Gasteiger partial charge < -0.3 is 4.74 Å². The first-order chi connectivity index (χ1) is 4.74. The zero-order valence-electron chi connectivity index (χ0n) is 6.22. The first kappa shape index (κ1) is 7.32. The summed E-state index contributed by atoms with van der Waals surface area (Å²) in [5.74, 6) is 1.38. The van der Waals surface area contributed by atoms with E-state index in [0.717, 1.165) is 12.2 Å². The summed E-state index contributed by atoms with van der Waals surface area (Å²) in [6.07, 6.45) is 2.26. The standard InChI is InChI=1S/C8H12O2/c1-6(10-2)7-3-4-8(9)5-7/h7H,1,3-5H2,2H3. The molecular weight excluding hydrogens is 128 g/mol. The second kappa shape index (κ2) is 2.86. The molecule has 0 saturated heterocycles. The van der Waals surface area contributed by atoms with Crippen molar-refractivity contribution < 1.29 is 9.53 Å². The van der Waals surface area contributed by atoms with Crippen LogP contribution in [0.1, 0.15) is 19.3 Å². The van der Waals surface area contributed by atoms with Crippen LogP contribution < -0.4 is 0 Å². The number of allylic oxidation sites excluding steroid dienone is 1. The van der Waals surface area contributed by atoms with Crippen LogP contribution in [0, 0.1) is 5.92 Å². The van der Waals surface area contributed by atoms with Gasteiger partial charge in [0.1, 0.15) is 5.78 Å². The van der Waals surface area contributed by atoms with Gasteiger partial charge in [-0.1, -0.05) is 6.58 Å². The first-order valence-electron chi connectivity index (χ1n) is 3.48. The van der Waals surface area contributed by atoms with E-state index >= 15 is 0 Å². The fraction of sp³-hybridized carbons (Fsp3) is 0.625. The third kappa shape index (κ3) is 1.38. The number of carbonyl (C=O) groups is 1. The summed E-state index contributed by atoms with van der Waals surface area (Å²) < 4.78 is 4.94. The second-order valence-corrected chi connectivity index (χ2v) is 2.65. The summed E-state index contributed by atoms with van der Waals surface area (Å²) in [6.45, 7) is 3.72. The molecule has 56 valence electrons. The van der Waals surface area contributed by atoms with Gasteiger partial charge in [0.05, 0.1) is 12.9 Å². The molecule has 1 aliphatic rings. The lowest BCUT2D eigenvalue weighted by molar-refractivity contribution is -0.117. The molecule has 0 aromatic rings. The number of rotatable bonds is 2. The summed E-state index contributed by atoms with van der Waals surface area (Å²) in [7, 11) is 1.60. The Bertz CT molecular complexity index is 161. The molecule has 10 heavy (non-hydrogen) atoms. The van der Waals surface area contributed by atoms with Gasteiger partial charge in [-0.2, -0.15) is 0 Å². The molecular formula is C8H12O2. The van der Waals surface area contributed by atoms with Gasteiger partial charge >= 0.3 is 0 Å². The average molecular weight is 140 g/mol. The minimum atomic E-state index is 0.289. The van der Waals surface area contributed by atoms with E-state index in [1.165, 1.54) is 0 Å². The molecule has 1 rings (SSSR count). The topological polar surface area (TPSA) is 26.3 Å². The predicted octanol–water partition coefficient (Wildman–Crippen LogP) is 1.52. The van der Waals surface area contributed by atoms with Gasteiger partial charge in [-0.25, -0.2) is 0 Å². The maximum Gasteiger partial charge on any atom is 0.133 e. The van der Waals surface area contributed by atoms with Crippen LogP contribution in [0.15, 0.2) is 12.3 Å². The van der Waals surface area contributed by atoms with E-state index in [4.69, 9.17) is 4.74 Å². The Kier molecular flexibility index (Phi) is 2.10. The Hall–Kier alpha value is -0.790. The number of hydrogen-bond donors (Lipinski definition) is 0. The van der Waals surface area contributed by atoms with E-state index < -0.39 is 0 Å². The van der Waals surface area contributed by atoms with E-state index in [1.807, 2.05) is 0 Å². The second-order valence-electron chi connectivity index (χ2n) is 2.65. The van der Waals surface area contributed by atoms with Crippen LogP contribution in [-0.4, -0.2) is 12.9 Å². The van der Waals surface area contributed by atoms with E-state index in [1.54, 1.807) is 7.11 Å². The number of ether oxygens (including phenoxy) is 1. The Morgan fingerprint density at radius 3 is 2.90 bits per heavy atom. The molecule has 0 radical (unpaired) electrons. The maximum absolute atomic E-state index is 10.8. The Balaban J connectivity index is 2.44. The maximum atomic E-state index is 10.8. The fourth-order valence-electron chi connectivity index (χ4n) is 1.26. The average Bonchev–Trinajstić information content (AvgIpc) is 2.34. The quantitative estimate of drug-likeness (QED) is 0.543. The molecule has 0 spiro atoms. The third-order valence-corrected chi connectivity index (χ3v) is 1.96. The lowest BCUT2D eigenvalue weighted by atomic mass is 10.1. The summed E-state index contributed by atoms with van der Waals surface area (Å²) in [5.41, 5.74) is 0. The molecule has 0 bridgehead atoms. The van der Waals surface area contributed by atoms with Gasteiger partial charge in [0.15, 0.2) is 0 Å². The highest BCUT2D eigenvalue weighted by molar-refractivity contribution is 5.81. The number of methoxy groups -OCH3 is 1. The highest BCUT2D eigenvalue weighted by Gasteiger charge is 2.24. The number of Topliss-reactive ketones (excluding diaryl/α,β-unsaturated/α-hetero) is 1. The molecule has 0 amide bonds. The number of hydrogen-bond acceptors (Lipinski definition) is 2. The lowest BCUT2D eigenvalue weighted by Crippen LogP contribution is -2.00. The first-order valence-corrected chi connectivity index (χ1v) is 3.48. The highest BCUT2D eigenvalue weighted by Crippen LogP contribution is 2.27. The van der Waals surface area contributed by atoms with Gasteiger partial charge in [0.25, 0.3) is 0 Å². The molecule has 2 heteroatoms.